The van der Waals surface area contributed by atoms with E-state index in [2.05, 4.69) is 4.99 Å². The Kier molecular flexibility index (Phi) is 4.62. The lowest BCUT2D eigenvalue weighted by Gasteiger charge is -2.14. The second-order valence-corrected chi connectivity index (χ2v) is 5.01. The zero-order valence-electron chi connectivity index (χ0n) is 12.7. The van der Waals surface area contributed by atoms with E-state index < -0.39 is 0 Å². The summed E-state index contributed by atoms with van der Waals surface area (Å²) in [5.41, 5.74) is 16.2. The highest BCUT2D eigenvalue weighted by Gasteiger charge is 2.13. The van der Waals surface area contributed by atoms with Gasteiger partial charge in [0.05, 0.1) is 35.1 Å². The molecule has 0 saturated carbocycles. The minimum Gasteiger partial charge on any atom is -0.489 e. The Hall–Kier alpha value is -2.60. The Morgan fingerprint density at radius 3 is 2.55 bits per heavy atom. The molecule has 6 N–H and O–H groups in total. The van der Waals surface area contributed by atoms with Crippen LogP contribution in [0.15, 0.2) is 40.4 Å². The molecule has 2 rings (SSSR count). The third-order valence-corrected chi connectivity index (χ3v) is 3.51. The molecule has 0 unspecified atom stereocenters. The molecule has 1 aliphatic carbocycles. The van der Waals surface area contributed by atoms with Gasteiger partial charge in [-0.1, -0.05) is 0 Å². The monoisotopic (exact) mass is 300 g/mol. The van der Waals surface area contributed by atoms with Gasteiger partial charge in [-0.2, -0.15) is 0 Å². The van der Waals surface area contributed by atoms with Gasteiger partial charge in [-0.3, -0.25) is 0 Å². The molecule has 1 aromatic carbocycles. The zero-order chi connectivity index (χ0) is 16.3. The van der Waals surface area contributed by atoms with Crippen molar-refractivity contribution in [3.63, 3.8) is 0 Å². The fraction of sp³-hybridized carbons (Fsp3) is 0.250. The van der Waals surface area contributed by atoms with Crippen LogP contribution in [0.5, 0.6) is 5.75 Å². The standard InChI is InChI=1S/C16H20N4O2/c1-9-10(2)14(4-3-11(9)17)20-15-8-16(22-6-5-21)13(19)7-12(15)18/h3-4,7-8,17,21H,5-6,18-19H2,1-2H3. The van der Waals surface area contributed by atoms with Crippen molar-refractivity contribution in [1.29, 1.82) is 5.41 Å². The molecule has 0 amide bonds. The number of allylic oxidation sites excluding steroid dienone is 4. The van der Waals surface area contributed by atoms with Gasteiger partial charge in [-0.05, 0) is 43.2 Å². The number of hydrogen-bond acceptors (Lipinski definition) is 6. The van der Waals surface area contributed by atoms with Crippen LogP contribution in [-0.2, 0) is 0 Å². The van der Waals surface area contributed by atoms with Crippen LogP contribution in [-0.4, -0.2) is 29.7 Å². The third kappa shape index (κ3) is 3.17. The molecule has 0 spiro atoms. The molecule has 6 heteroatoms. The highest BCUT2D eigenvalue weighted by molar-refractivity contribution is 6.23. The number of benzene rings is 1. The number of aliphatic hydroxyl groups is 1. The van der Waals surface area contributed by atoms with Gasteiger partial charge in [0.2, 0.25) is 0 Å². The first-order valence-electron chi connectivity index (χ1n) is 6.90. The average molecular weight is 300 g/mol. The van der Waals surface area contributed by atoms with E-state index in [1.807, 2.05) is 13.8 Å². The minimum atomic E-state index is -0.0977. The second kappa shape index (κ2) is 6.44. The van der Waals surface area contributed by atoms with E-state index in [0.717, 1.165) is 16.9 Å². The molecule has 0 aromatic heterocycles. The van der Waals surface area contributed by atoms with Crippen LogP contribution >= 0.6 is 0 Å². The Morgan fingerprint density at radius 2 is 1.86 bits per heavy atom. The van der Waals surface area contributed by atoms with Crippen molar-refractivity contribution in [3.05, 3.63) is 35.4 Å². The summed E-state index contributed by atoms with van der Waals surface area (Å²) in [4.78, 5) is 4.55. The van der Waals surface area contributed by atoms with Crippen molar-refractivity contribution in [3.8, 4) is 5.75 Å². The molecule has 22 heavy (non-hydrogen) atoms. The normalized spacial score (nSPS) is 16.5. The van der Waals surface area contributed by atoms with Crippen LogP contribution in [0, 0.1) is 5.41 Å². The molecule has 0 bridgehead atoms. The molecule has 0 radical (unpaired) electrons. The molecule has 0 heterocycles. The molecule has 1 aromatic rings. The number of nitrogens with two attached hydrogens (primary N) is 2. The fourth-order valence-electron chi connectivity index (χ4n) is 2.04. The van der Waals surface area contributed by atoms with Crippen molar-refractivity contribution in [2.45, 2.75) is 13.8 Å². The number of ether oxygens (including phenoxy) is 1. The summed E-state index contributed by atoms with van der Waals surface area (Å²) in [6, 6.07) is 3.25. The SMILES string of the molecule is CC1=C(C)C(=Nc2cc(OCCO)c(N)cc2N)C=CC1=N. The Bertz CT molecular complexity index is 702. The number of rotatable bonds is 4. The Morgan fingerprint density at radius 1 is 1.14 bits per heavy atom. The summed E-state index contributed by atoms with van der Waals surface area (Å²) in [5.74, 6) is 0.438. The largest absolute Gasteiger partial charge is 0.489 e. The average Bonchev–Trinajstić information content (AvgIpc) is 2.49. The summed E-state index contributed by atoms with van der Waals surface area (Å²) in [7, 11) is 0. The summed E-state index contributed by atoms with van der Waals surface area (Å²) >= 11 is 0. The van der Waals surface area contributed by atoms with Crippen molar-refractivity contribution in [2.24, 2.45) is 4.99 Å². The molecule has 0 fully saturated rings. The summed E-state index contributed by atoms with van der Waals surface area (Å²) in [5, 5.41) is 16.6. The molecule has 6 nitrogen and oxygen atoms in total. The van der Waals surface area contributed by atoms with Crippen LogP contribution in [0.2, 0.25) is 0 Å². The Balaban J connectivity index is 2.43. The van der Waals surface area contributed by atoms with Gasteiger partial charge in [-0.15, -0.1) is 0 Å². The molecule has 0 aliphatic heterocycles. The lowest BCUT2D eigenvalue weighted by Crippen LogP contribution is -2.10. The van der Waals surface area contributed by atoms with Crippen molar-refractivity contribution < 1.29 is 9.84 Å². The first-order chi connectivity index (χ1) is 10.4. The quantitative estimate of drug-likeness (QED) is 0.503. The van der Waals surface area contributed by atoms with Gasteiger partial charge in [0, 0.05) is 6.07 Å². The van der Waals surface area contributed by atoms with Gasteiger partial charge >= 0.3 is 0 Å². The van der Waals surface area contributed by atoms with Crippen LogP contribution in [0.4, 0.5) is 17.1 Å². The lowest BCUT2D eigenvalue weighted by molar-refractivity contribution is 0.202. The van der Waals surface area contributed by atoms with Crippen molar-refractivity contribution in [2.75, 3.05) is 24.7 Å². The highest BCUT2D eigenvalue weighted by atomic mass is 16.5. The van der Waals surface area contributed by atoms with E-state index in [1.165, 1.54) is 0 Å². The first kappa shape index (κ1) is 15.8. The summed E-state index contributed by atoms with van der Waals surface area (Å²) < 4.78 is 5.37. The van der Waals surface area contributed by atoms with Gasteiger partial charge in [0.15, 0.2) is 0 Å². The predicted molar refractivity (Wildman–Crippen MR) is 90.2 cm³/mol. The van der Waals surface area contributed by atoms with Gasteiger partial charge in [0.1, 0.15) is 12.4 Å². The number of aliphatic imine (C=N–C) groups is 1. The van der Waals surface area contributed by atoms with Crippen LogP contribution in [0.1, 0.15) is 13.8 Å². The maximum Gasteiger partial charge on any atom is 0.144 e. The smallest absolute Gasteiger partial charge is 0.144 e. The number of nitrogens with zero attached hydrogens (tertiary/aromatic N) is 1. The third-order valence-electron chi connectivity index (χ3n) is 3.51. The number of hydrogen-bond donors (Lipinski definition) is 4. The van der Waals surface area contributed by atoms with E-state index >= 15 is 0 Å². The number of aliphatic hydroxyl groups excluding tert-OH is 1. The second-order valence-electron chi connectivity index (χ2n) is 5.01. The number of nitrogens with one attached hydrogen (secondary N) is 1. The maximum atomic E-state index is 8.84. The van der Waals surface area contributed by atoms with E-state index in [9.17, 15) is 0 Å². The summed E-state index contributed by atoms with van der Waals surface area (Å²) in [6.45, 7) is 3.86. The van der Waals surface area contributed by atoms with E-state index in [0.29, 0.717) is 28.5 Å². The lowest BCUT2D eigenvalue weighted by atomic mass is 9.96. The van der Waals surface area contributed by atoms with E-state index in [-0.39, 0.29) is 13.2 Å². The first-order valence-corrected chi connectivity index (χ1v) is 6.90. The van der Waals surface area contributed by atoms with Gasteiger partial charge < -0.3 is 26.7 Å². The molecule has 0 saturated heterocycles. The molecule has 1 aliphatic rings. The summed E-state index contributed by atoms with van der Waals surface area (Å²) in [6.07, 6.45) is 3.49. The number of anilines is 2. The predicted octanol–water partition coefficient (Wildman–Crippen LogP) is 2.22. The minimum absolute atomic E-state index is 0.0977. The molecule has 0 atom stereocenters. The van der Waals surface area contributed by atoms with Gasteiger partial charge in [-0.25, -0.2) is 4.99 Å². The van der Waals surface area contributed by atoms with Crippen molar-refractivity contribution >= 4 is 28.5 Å². The Labute approximate surface area is 129 Å². The number of nitrogen functional groups attached to an aromatic ring is 2. The zero-order valence-corrected chi connectivity index (χ0v) is 12.7. The van der Waals surface area contributed by atoms with E-state index in [4.69, 9.17) is 26.7 Å². The highest BCUT2D eigenvalue weighted by Crippen LogP contribution is 2.34. The molecular formula is C16H20N4O2. The van der Waals surface area contributed by atoms with Crippen LogP contribution in [0.25, 0.3) is 0 Å². The van der Waals surface area contributed by atoms with Crippen LogP contribution in [0.3, 0.4) is 0 Å². The molecular weight excluding hydrogens is 280 g/mol. The van der Waals surface area contributed by atoms with Crippen LogP contribution < -0.4 is 16.2 Å². The van der Waals surface area contributed by atoms with Gasteiger partial charge in [0.25, 0.3) is 0 Å². The van der Waals surface area contributed by atoms with Crippen molar-refractivity contribution in [1.82, 2.24) is 0 Å². The topological polar surface area (TPSA) is 118 Å². The maximum absolute atomic E-state index is 8.84. The molecule has 116 valence electrons. The fourth-order valence-corrected chi connectivity index (χ4v) is 2.04. The van der Waals surface area contributed by atoms with E-state index in [1.54, 1.807) is 24.3 Å².